The highest BCUT2D eigenvalue weighted by Gasteiger charge is 2.24. The maximum Gasteiger partial charge on any atom is 0.248 e. The summed E-state index contributed by atoms with van der Waals surface area (Å²) in [6, 6.07) is 0.390. The lowest BCUT2D eigenvalue weighted by atomic mass is 10.0. The number of hydrogen-bond donors (Lipinski definition) is 0. The third-order valence-electron chi connectivity index (χ3n) is 3.58. The molecule has 0 aromatic rings. The predicted octanol–water partition coefficient (Wildman–Crippen LogP) is 1.74. The van der Waals surface area contributed by atoms with Crippen LogP contribution in [0, 0.1) is 0 Å². The Morgan fingerprint density at radius 2 is 2.00 bits per heavy atom. The van der Waals surface area contributed by atoms with Crippen molar-refractivity contribution in [3.63, 3.8) is 0 Å². The Hall–Kier alpha value is -0.610. The largest absolute Gasteiger partial charge is 0.369 e. The monoisotopic (exact) mass is 256 g/mol. The van der Waals surface area contributed by atoms with E-state index in [-0.39, 0.29) is 18.6 Å². The van der Waals surface area contributed by atoms with Crippen LogP contribution in [0.1, 0.15) is 40.0 Å². The highest BCUT2D eigenvalue weighted by Crippen LogP contribution is 2.15. The van der Waals surface area contributed by atoms with Gasteiger partial charge in [-0.1, -0.05) is 6.92 Å². The number of rotatable bonds is 6. The molecule has 0 N–H and O–H groups in total. The molecule has 1 saturated heterocycles. The van der Waals surface area contributed by atoms with E-state index in [0.29, 0.717) is 6.04 Å². The van der Waals surface area contributed by atoms with Crippen LogP contribution < -0.4 is 0 Å². The fourth-order valence-corrected chi connectivity index (χ4v) is 2.39. The second-order valence-electron chi connectivity index (χ2n) is 5.44. The van der Waals surface area contributed by atoms with Gasteiger partial charge in [-0.25, -0.2) is 0 Å². The van der Waals surface area contributed by atoms with Gasteiger partial charge in [0, 0.05) is 26.2 Å². The Balaban J connectivity index is 2.30. The maximum atomic E-state index is 11.9. The van der Waals surface area contributed by atoms with E-state index in [4.69, 9.17) is 4.74 Å². The lowest BCUT2D eigenvalue weighted by Crippen LogP contribution is -2.46. The summed E-state index contributed by atoms with van der Waals surface area (Å²) in [6.07, 6.45) is 3.50. The number of carbonyl (C=O) groups is 1. The van der Waals surface area contributed by atoms with E-state index in [1.54, 1.807) is 0 Å². The first-order chi connectivity index (χ1) is 8.54. The van der Waals surface area contributed by atoms with Gasteiger partial charge < -0.3 is 14.5 Å². The van der Waals surface area contributed by atoms with E-state index in [1.807, 2.05) is 25.8 Å². The Morgan fingerprint density at radius 3 is 2.50 bits per heavy atom. The van der Waals surface area contributed by atoms with Crippen molar-refractivity contribution in [3.8, 4) is 0 Å². The van der Waals surface area contributed by atoms with Gasteiger partial charge >= 0.3 is 0 Å². The second-order valence-corrected chi connectivity index (χ2v) is 5.44. The molecule has 0 radical (unpaired) electrons. The summed E-state index contributed by atoms with van der Waals surface area (Å²) in [6.45, 7) is 9.74. The first-order valence-electron chi connectivity index (χ1n) is 7.14. The van der Waals surface area contributed by atoms with E-state index in [9.17, 15) is 4.79 Å². The van der Waals surface area contributed by atoms with Gasteiger partial charge in [-0.3, -0.25) is 4.79 Å². The van der Waals surface area contributed by atoms with Gasteiger partial charge in [0.1, 0.15) is 6.61 Å². The minimum atomic E-state index is 0.109. The number of ether oxygens (including phenoxy) is 1. The average Bonchev–Trinajstić information content (AvgIpc) is 2.36. The number of likely N-dealkylation sites (tertiary alicyclic amines) is 1. The molecule has 4 heteroatoms. The molecule has 0 atom stereocenters. The van der Waals surface area contributed by atoms with Crippen LogP contribution in [0.5, 0.6) is 0 Å². The van der Waals surface area contributed by atoms with Gasteiger partial charge in [0.15, 0.2) is 0 Å². The summed E-state index contributed by atoms with van der Waals surface area (Å²) in [5.74, 6) is 0.109. The zero-order valence-corrected chi connectivity index (χ0v) is 12.3. The zero-order chi connectivity index (χ0) is 13.5. The van der Waals surface area contributed by atoms with Crippen molar-refractivity contribution < 1.29 is 9.53 Å². The minimum absolute atomic E-state index is 0.109. The normalized spacial score (nSPS) is 18.3. The van der Waals surface area contributed by atoms with Crippen LogP contribution in [0.15, 0.2) is 0 Å². The molecule has 0 aromatic carbocycles. The molecule has 1 amide bonds. The molecule has 0 bridgehead atoms. The number of likely N-dealkylation sites (N-methyl/N-ethyl adjacent to an activating group) is 1. The van der Waals surface area contributed by atoms with Crippen molar-refractivity contribution in [2.45, 2.75) is 52.2 Å². The molecule has 0 spiro atoms. The predicted molar refractivity (Wildman–Crippen MR) is 73.6 cm³/mol. The van der Waals surface area contributed by atoms with Gasteiger partial charge in [0.25, 0.3) is 0 Å². The molecule has 4 nitrogen and oxygen atoms in total. The quantitative estimate of drug-likeness (QED) is 0.726. The highest BCUT2D eigenvalue weighted by molar-refractivity contribution is 5.77. The van der Waals surface area contributed by atoms with Gasteiger partial charge in [0.2, 0.25) is 5.91 Å². The first kappa shape index (κ1) is 15.4. The van der Waals surface area contributed by atoms with Crippen LogP contribution in [-0.4, -0.2) is 61.1 Å². The van der Waals surface area contributed by atoms with Gasteiger partial charge in [-0.15, -0.1) is 0 Å². The lowest BCUT2D eigenvalue weighted by Gasteiger charge is -2.36. The minimum Gasteiger partial charge on any atom is -0.369 e. The van der Waals surface area contributed by atoms with Crippen molar-refractivity contribution in [3.05, 3.63) is 0 Å². The molecule has 1 fully saturated rings. The summed E-state index contributed by atoms with van der Waals surface area (Å²) < 4.78 is 5.37. The number of piperidine rings is 1. The van der Waals surface area contributed by atoms with Crippen LogP contribution in [0.4, 0.5) is 0 Å². The fraction of sp³-hybridized carbons (Fsp3) is 0.929. The molecule has 0 saturated carbocycles. The van der Waals surface area contributed by atoms with Crippen LogP contribution in [0.25, 0.3) is 0 Å². The number of hydrogen-bond acceptors (Lipinski definition) is 3. The van der Waals surface area contributed by atoms with Gasteiger partial charge in [0.05, 0.1) is 6.10 Å². The highest BCUT2D eigenvalue weighted by atomic mass is 16.5. The summed E-state index contributed by atoms with van der Waals surface area (Å²) in [4.78, 5) is 16.3. The molecule has 1 rings (SSSR count). The Labute approximate surface area is 111 Å². The van der Waals surface area contributed by atoms with Crippen molar-refractivity contribution in [1.29, 1.82) is 0 Å². The number of nitrogens with zero attached hydrogens (tertiary/aromatic N) is 2. The number of carbonyl (C=O) groups excluding carboxylic acids is 1. The van der Waals surface area contributed by atoms with E-state index in [2.05, 4.69) is 11.8 Å². The van der Waals surface area contributed by atoms with Crippen LogP contribution in [-0.2, 0) is 9.53 Å². The molecule has 0 aliphatic carbocycles. The third kappa shape index (κ3) is 4.94. The van der Waals surface area contributed by atoms with Crippen LogP contribution in [0.3, 0.4) is 0 Å². The second kappa shape index (κ2) is 7.74. The maximum absolute atomic E-state index is 11.9. The van der Waals surface area contributed by atoms with E-state index in [1.165, 1.54) is 13.0 Å². The molecular formula is C14H28N2O2. The average molecular weight is 256 g/mol. The standard InChI is InChI=1S/C14H28N2O2/c1-5-8-16-9-6-13(7-10-16)15(4)14(17)11-18-12(2)3/h12-13H,5-11H2,1-4H3. The van der Waals surface area contributed by atoms with Crippen molar-refractivity contribution in [2.75, 3.05) is 33.3 Å². The molecule has 1 heterocycles. The summed E-state index contributed by atoms with van der Waals surface area (Å²) in [7, 11) is 1.91. The summed E-state index contributed by atoms with van der Waals surface area (Å²) in [5.41, 5.74) is 0. The van der Waals surface area contributed by atoms with Crippen LogP contribution in [0.2, 0.25) is 0 Å². The summed E-state index contributed by atoms with van der Waals surface area (Å²) >= 11 is 0. The molecular weight excluding hydrogens is 228 g/mol. The summed E-state index contributed by atoms with van der Waals surface area (Å²) in [5, 5.41) is 0. The van der Waals surface area contributed by atoms with Crippen molar-refractivity contribution in [2.24, 2.45) is 0 Å². The first-order valence-corrected chi connectivity index (χ1v) is 7.14. The van der Waals surface area contributed by atoms with Gasteiger partial charge in [-0.2, -0.15) is 0 Å². The molecule has 1 aliphatic heterocycles. The molecule has 0 unspecified atom stereocenters. The smallest absolute Gasteiger partial charge is 0.248 e. The third-order valence-corrected chi connectivity index (χ3v) is 3.58. The van der Waals surface area contributed by atoms with E-state index < -0.39 is 0 Å². The molecule has 106 valence electrons. The Bertz CT molecular complexity index is 248. The molecule has 1 aliphatic rings. The van der Waals surface area contributed by atoms with Crippen molar-refractivity contribution in [1.82, 2.24) is 9.80 Å². The van der Waals surface area contributed by atoms with Crippen LogP contribution >= 0.6 is 0 Å². The lowest BCUT2D eigenvalue weighted by molar-refractivity contribution is -0.139. The van der Waals surface area contributed by atoms with Gasteiger partial charge in [-0.05, 0) is 39.7 Å². The Kier molecular flexibility index (Phi) is 6.65. The number of amides is 1. The molecule has 18 heavy (non-hydrogen) atoms. The topological polar surface area (TPSA) is 32.8 Å². The molecule has 0 aromatic heterocycles. The fourth-order valence-electron chi connectivity index (χ4n) is 2.39. The Morgan fingerprint density at radius 1 is 1.39 bits per heavy atom. The zero-order valence-electron chi connectivity index (χ0n) is 12.3. The SMILES string of the molecule is CCCN1CCC(N(C)C(=O)COC(C)C)CC1. The van der Waals surface area contributed by atoms with E-state index in [0.717, 1.165) is 25.9 Å². The van der Waals surface area contributed by atoms with E-state index >= 15 is 0 Å². The van der Waals surface area contributed by atoms with Crippen molar-refractivity contribution >= 4 is 5.91 Å².